The second kappa shape index (κ2) is 5.88. The first kappa shape index (κ1) is 13.5. The Kier molecular flexibility index (Phi) is 3.79. The number of aromatic nitrogens is 3. The lowest BCUT2D eigenvalue weighted by atomic mass is 10.2. The molecular weight excluding hydrogens is 284 g/mol. The van der Waals surface area contributed by atoms with Crippen molar-refractivity contribution in [3.8, 4) is 0 Å². The molecule has 3 rings (SSSR count). The van der Waals surface area contributed by atoms with Gasteiger partial charge in [-0.1, -0.05) is 12.1 Å². The summed E-state index contributed by atoms with van der Waals surface area (Å²) in [6, 6.07) is 9.65. The van der Waals surface area contributed by atoms with E-state index in [1.807, 2.05) is 48.1 Å². The van der Waals surface area contributed by atoms with Crippen LogP contribution in [-0.4, -0.2) is 20.1 Å². The van der Waals surface area contributed by atoms with Crippen LogP contribution in [0.4, 0.5) is 5.69 Å². The van der Waals surface area contributed by atoms with Crippen LogP contribution in [0.25, 0.3) is 0 Å². The first-order valence-electron chi connectivity index (χ1n) is 6.51. The summed E-state index contributed by atoms with van der Waals surface area (Å²) < 4.78 is 5.96. The van der Waals surface area contributed by atoms with Crippen molar-refractivity contribution in [2.24, 2.45) is 0 Å². The molecule has 0 unspecified atom stereocenters. The molecule has 1 N–H and O–H groups in total. The van der Waals surface area contributed by atoms with Gasteiger partial charge in [-0.15, -0.1) is 0 Å². The molecule has 0 saturated carbocycles. The van der Waals surface area contributed by atoms with Crippen LogP contribution < -0.4 is 5.32 Å². The summed E-state index contributed by atoms with van der Waals surface area (Å²) in [6.07, 6.45) is 3.66. The van der Waals surface area contributed by atoms with Gasteiger partial charge in [0.1, 0.15) is 0 Å². The molecule has 0 aliphatic heterocycles. The lowest BCUT2D eigenvalue weighted by Crippen LogP contribution is -2.12. The van der Waals surface area contributed by atoms with E-state index < -0.39 is 0 Å². The van der Waals surface area contributed by atoms with Gasteiger partial charge < -0.3 is 5.32 Å². The summed E-state index contributed by atoms with van der Waals surface area (Å²) in [5, 5.41) is 8.84. The Labute approximate surface area is 126 Å². The number of nitrogens with zero attached hydrogens (tertiary/aromatic N) is 3. The predicted molar refractivity (Wildman–Crippen MR) is 82.6 cm³/mol. The van der Waals surface area contributed by atoms with Gasteiger partial charge in [0.05, 0.1) is 17.8 Å². The van der Waals surface area contributed by atoms with Gasteiger partial charge >= 0.3 is 0 Å². The predicted octanol–water partition coefficient (Wildman–Crippen LogP) is 2.95. The Morgan fingerprint density at radius 1 is 1.38 bits per heavy atom. The van der Waals surface area contributed by atoms with Crippen LogP contribution in [0.1, 0.15) is 21.6 Å². The maximum Gasteiger partial charge on any atom is 0.258 e. The fraction of sp³-hybridized carbons (Fsp3) is 0.133. The van der Waals surface area contributed by atoms with Gasteiger partial charge in [-0.25, -0.2) is 0 Å². The van der Waals surface area contributed by atoms with E-state index in [-0.39, 0.29) is 5.91 Å². The molecule has 2 heterocycles. The zero-order valence-electron chi connectivity index (χ0n) is 11.5. The molecule has 0 spiro atoms. The fourth-order valence-electron chi connectivity index (χ4n) is 2.04. The van der Waals surface area contributed by atoms with Gasteiger partial charge in [0.15, 0.2) is 0 Å². The molecule has 1 aromatic carbocycles. The highest BCUT2D eigenvalue weighted by molar-refractivity contribution is 7.04. The smallest absolute Gasteiger partial charge is 0.258 e. The summed E-state index contributed by atoms with van der Waals surface area (Å²) >= 11 is 1.29. The van der Waals surface area contributed by atoms with Gasteiger partial charge in [0.25, 0.3) is 5.91 Å². The molecule has 0 radical (unpaired) electrons. The number of carbonyl (C=O) groups excluding carboxylic acids is 1. The third-order valence-electron chi connectivity index (χ3n) is 3.08. The standard InChI is InChI=1S/C15H14N4OS/c1-11-14(10-21-18-11)15(20)17-13-5-2-4-12(8-13)9-19-7-3-6-16-19/h2-8,10H,9H2,1H3,(H,17,20). The van der Waals surface area contributed by atoms with Crippen LogP contribution >= 0.6 is 11.5 Å². The molecular formula is C15H14N4OS. The minimum absolute atomic E-state index is 0.127. The molecule has 0 saturated heterocycles. The van der Waals surface area contributed by atoms with E-state index in [1.165, 1.54) is 11.5 Å². The molecule has 0 aliphatic rings. The molecule has 5 nitrogen and oxygen atoms in total. The average Bonchev–Trinajstić information content (AvgIpc) is 3.10. The maximum atomic E-state index is 12.2. The van der Waals surface area contributed by atoms with Gasteiger partial charge in [0.2, 0.25) is 0 Å². The van der Waals surface area contributed by atoms with E-state index >= 15 is 0 Å². The monoisotopic (exact) mass is 298 g/mol. The van der Waals surface area contributed by atoms with Crippen LogP contribution in [-0.2, 0) is 6.54 Å². The minimum Gasteiger partial charge on any atom is -0.322 e. The number of anilines is 1. The topological polar surface area (TPSA) is 59.8 Å². The first-order chi connectivity index (χ1) is 10.2. The van der Waals surface area contributed by atoms with E-state index in [2.05, 4.69) is 14.8 Å². The Morgan fingerprint density at radius 3 is 3.00 bits per heavy atom. The largest absolute Gasteiger partial charge is 0.322 e. The highest BCUT2D eigenvalue weighted by atomic mass is 32.1. The van der Waals surface area contributed by atoms with Crippen LogP contribution in [0.15, 0.2) is 48.1 Å². The molecule has 0 fully saturated rings. The highest BCUT2D eigenvalue weighted by Gasteiger charge is 2.11. The summed E-state index contributed by atoms with van der Waals surface area (Å²) in [6.45, 7) is 2.51. The zero-order valence-corrected chi connectivity index (χ0v) is 12.3. The van der Waals surface area contributed by atoms with Crippen molar-refractivity contribution < 1.29 is 4.79 Å². The number of aryl methyl sites for hydroxylation is 1. The summed E-state index contributed by atoms with van der Waals surface area (Å²) in [7, 11) is 0. The van der Waals surface area contributed by atoms with Gasteiger partial charge in [-0.05, 0) is 42.2 Å². The molecule has 106 valence electrons. The van der Waals surface area contributed by atoms with Crippen LogP contribution in [0.3, 0.4) is 0 Å². The van der Waals surface area contributed by atoms with E-state index in [0.717, 1.165) is 16.9 Å². The van der Waals surface area contributed by atoms with Gasteiger partial charge in [0, 0.05) is 23.5 Å². The molecule has 6 heteroatoms. The van der Waals surface area contributed by atoms with Gasteiger partial charge in [-0.3, -0.25) is 9.48 Å². The minimum atomic E-state index is -0.127. The molecule has 21 heavy (non-hydrogen) atoms. The molecule has 3 aromatic rings. The van der Waals surface area contributed by atoms with Crippen molar-refractivity contribution >= 4 is 23.1 Å². The number of rotatable bonds is 4. The highest BCUT2D eigenvalue weighted by Crippen LogP contribution is 2.15. The van der Waals surface area contributed by atoms with Crippen molar-refractivity contribution in [2.45, 2.75) is 13.5 Å². The van der Waals surface area contributed by atoms with E-state index in [1.54, 1.807) is 11.6 Å². The molecule has 0 bridgehead atoms. The summed E-state index contributed by atoms with van der Waals surface area (Å²) in [4.78, 5) is 12.2. The lowest BCUT2D eigenvalue weighted by Gasteiger charge is -2.07. The Morgan fingerprint density at radius 2 is 2.29 bits per heavy atom. The van der Waals surface area contributed by atoms with Crippen molar-refractivity contribution in [3.05, 3.63) is 64.9 Å². The SMILES string of the molecule is Cc1nscc1C(=O)Nc1cccc(Cn2cccn2)c1. The second-order valence-electron chi connectivity index (χ2n) is 4.67. The second-order valence-corrected chi connectivity index (χ2v) is 5.30. The Bertz CT molecular complexity index is 749. The summed E-state index contributed by atoms with van der Waals surface area (Å²) in [5.74, 6) is -0.127. The first-order valence-corrected chi connectivity index (χ1v) is 7.35. The average molecular weight is 298 g/mol. The number of hydrogen-bond donors (Lipinski definition) is 1. The Hall–Kier alpha value is -2.47. The van der Waals surface area contributed by atoms with Crippen molar-refractivity contribution in [1.82, 2.24) is 14.2 Å². The number of benzene rings is 1. The van der Waals surface area contributed by atoms with Crippen LogP contribution in [0.2, 0.25) is 0 Å². The lowest BCUT2D eigenvalue weighted by molar-refractivity contribution is 0.102. The number of carbonyl (C=O) groups is 1. The quantitative estimate of drug-likeness (QED) is 0.805. The van der Waals surface area contributed by atoms with Crippen LogP contribution in [0, 0.1) is 6.92 Å². The van der Waals surface area contributed by atoms with E-state index in [4.69, 9.17) is 0 Å². The molecule has 1 amide bonds. The van der Waals surface area contributed by atoms with Gasteiger partial charge in [-0.2, -0.15) is 9.47 Å². The third-order valence-corrected chi connectivity index (χ3v) is 3.80. The van der Waals surface area contributed by atoms with E-state index in [9.17, 15) is 4.79 Å². The number of hydrogen-bond acceptors (Lipinski definition) is 4. The zero-order chi connectivity index (χ0) is 14.7. The normalized spacial score (nSPS) is 10.5. The Balaban J connectivity index is 1.74. The van der Waals surface area contributed by atoms with Crippen molar-refractivity contribution in [2.75, 3.05) is 5.32 Å². The fourth-order valence-corrected chi connectivity index (χ4v) is 2.73. The third kappa shape index (κ3) is 3.17. The van der Waals surface area contributed by atoms with Crippen LogP contribution in [0.5, 0.6) is 0 Å². The van der Waals surface area contributed by atoms with Crippen molar-refractivity contribution in [1.29, 1.82) is 0 Å². The molecule has 0 aliphatic carbocycles. The maximum absolute atomic E-state index is 12.2. The van der Waals surface area contributed by atoms with Crippen molar-refractivity contribution in [3.63, 3.8) is 0 Å². The molecule has 2 aromatic heterocycles. The van der Waals surface area contributed by atoms with E-state index in [0.29, 0.717) is 12.1 Å². The number of nitrogens with one attached hydrogen (secondary N) is 1. The summed E-state index contributed by atoms with van der Waals surface area (Å²) in [5.41, 5.74) is 3.23. The number of amides is 1. The molecule has 0 atom stereocenters.